The summed E-state index contributed by atoms with van der Waals surface area (Å²) in [5.74, 6) is -0.168. The number of rotatable bonds is 4. The molecule has 2 atom stereocenters. The van der Waals surface area contributed by atoms with E-state index in [2.05, 4.69) is 0 Å². The van der Waals surface area contributed by atoms with Crippen molar-refractivity contribution >= 4 is 12.4 Å². The van der Waals surface area contributed by atoms with Gasteiger partial charge in [0.1, 0.15) is 6.10 Å². The van der Waals surface area contributed by atoms with Crippen LogP contribution in [0.5, 0.6) is 0 Å². The van der Waals surface area contributed by atoms with Crippen LogP contribution in [-0.4, -0.2) is 61.0 Å². The second-order valence-electron chi connectivity index (χ2n) is 5.26. The van der Waals surface area contributed by atoms with E-state index in [0.29, 0.717) is 6.54 Å². The third-order valence-corrected chi connectivity index (χ3v) is 3.61. The Bertz CT molecular complexity index is 292. The van der Waals surface area contributed by atoms with Crippen molar-refractivity contribution in [2.24, 2.45) is 0 Å². The monoisotopic (exact) mass is 240 g/mol. The second-order valence-corrected chi connectivity index (χ2v) is 5.26. The van der Waals surface area contributed by atoms with Crippen molar-refractivity contribution in [3.63, 3.8) is 0 Å². The molecule has 2 rings (SSSR count). The fraction of sp³-hybridized carbons (Fsp3) is 0.833. The zero-order valence-corrected chi connectivity index (χ0v) is 10.5. The fourth-order valence-electron chi connectivity index (χ4n) is 2.91. The molecule has 0 aliphatic carbocycles. The number of fused-ring (bicyclic) bond motifs is 2. The zero-order chi connectivity index (χ0) is 12.4. The molecule has 0 aromatic rings. The lowest BCUT2D eigenvalue weighted by Gasteiger charge is -2.36. The van der Waals surface area contributed by atoms with Crippen molar-refractivity contribution in [2.45, 2.75) is 43.9 Å². The summed E-state index contributed by atoms with van der Waals surface area (Å²) in [6.07, 6.45) is 4.63. The molecular weight excluding hydrogens is 220 g/mol. The molecule has 2 aliphatic rings. The number of amides is 1. The van der Waals surface area contributed by atoms with Gasteiger partial charge in [-0.2, -0.15) is 0 Å². The Morgan fingerprint density at radius 2 is 1.94 bits per heavy atom. The van der Waals surface area contributed by atoms with Crippen LogP contribution in [0.4, 0.5) is 0 Å². The lowest BCUT2D eigenvalue weighted by atomic mass is 10.0. The summed E-state index contributed by atoms with van der Waals surface area (Å²) in [5.41, 5.74) is 0. The molecule has 0 saturated carbocycles. The van der Waals surface area contributed by atoms with Gasteiger partial charge in [0.25, 0.3) is 0 Å². The lowest BCUT2D eigenvalue weighted by molar-refractivity contribution is -0.153. The van der Waals surface area contributed by atoms with E-state index in [0.717, 1.165) is 32.1 Å². The van der Waals surface area contributed by atoms with E-state index in [1.54, 1.807) is 4.90 Å². The highest BCUT2D eigenvalue weighted by Gasteiger charge is 2.41. The summed E-state index contributed by atoms with van der Waals surface area (Å²) in [7, 11) is 3.69. The Balaban J connectivity index is 1.85. The number of hydrogen-bond donors (Lipinski definition) is 0. The van der Waals surface area contributed by atoms with Gasteiger partial charge in [-0.15, -0.1) is 0 Å². The Morgan fingerprint density at radius 1 is 1.35 bits per heavy atom. The molecule has 1 amide bonds. The summed E-state index contributed by atoms with van der Waals surface area (Å²) in [5, 5.41) is 0. The van der Waals surface area contributed by atoms with Gasteiger partial charge in [-0.3, -0.25) is 14.5 Å². The van der Waals surface area contributed by atoms with Crippen molar-refractivity contribution in [3.05, 3.63) is 0 Å². The van der Waals surface area contributed by atoms with Crippen molar-refractivity contribution in [1.29, 1.82) is 0 Å². The van der Waals surface area contributed by atoms with Crippen LogP contribution in [-0.2, 0) is 14.3 Å². The average Bonchev–Trinajstić information content (AvgIpc) is 2.48. The summed E-state index contributed by atoms with van der Waals surface area (Å²) < 4.78 is 5.45. The van der Waals surface area contributed by atoms with Crippen LogP contribution in [0.3, 0.4) is 0 Å². The number of carbonyl (C=O) groups excluding carboxylic acids is 2. The van der Waals surface area contributed by atoms with Gasteiger partial charge in [-0.05, 0) is 26.9 Å². The SMILES string of the molecule is CN(C)CC(=O)OC1CC2CCC(C1)N2C=O. The summed E-state index contributed by atoms with van der Waals surface area (Å²) >= 11 is 0. The number of likely N-dealkylation sites (N-methyl/N-ethyl adjacent to an activating group) is 1. The molecule has 2 bridgehead atoms. The van der Waals surface area contributed by atoms with Crippen molar-refractivity contribution < 1.29 is 14.3 Å². The van der Waals surface area contributed by atoms with Gasteiger partial charge in [0.2, 0.25) is 6.41 Å². The predicted molar refractivity (Wildman–Crippen MR) is 62.4 cm³/mol. The van der Waals surface area contributed by atoms with E-state index in [1.165, 1.54) is 0 Å². The van der Waals surface area contributed by atoms with E-state index < -0.39 is 0 Å². The fourth-order valence-corrected chi connectivity index (χ4v) is 2.91. The molecule has 2 heterocycles. The van der Waals surface area contributed by atoms with E-state index in [4.69, 9.17) is 4.74 Å². The second kappa shape index (κ2) is 5.04. The number of piperidine rings is 1. The van der Waals surface area contributed by atoms with Gasteiger partial charge >= 0.3 is 5.97 Å². The molecule has 5 heteroatoms. The van der Waals surface area contributed by atoms with Crippen LogP contribution in [0, 0.1) is 0 Å². The smallest absolute Gasteiger partial charge is 0.320 e. The van der Waals surface area contributed by atoms with Crippen LogP contribution in [0.15, 0.2) is 0 Å². The molecule has 0 radical (unpaired) electrons. The van der Waals surface area contributed by atoms with Gasteiger partial charge < -0.3 is 9.64 Å². The lowest BCUT2D eigenvalue weighted by Crippen LogP contribution is -2.45. The highest BCUT2D eigenvalue weighted by molar-refractivity contribution is 5.71. The molecule has 2 fully saturated rings. The van der Waals surface area contributed by atoms with Gasteiger partial charge in [-0.25, -0.2) is 0 Å². The largest absolute Gasteiger partial charge is 0.461 e. The van der Waals surface area contributed by atoms with Gasteiger partial charge in [0.15, 0.2) is 0 Å². The topological polar surface area (TPSA) is 49.9 Å². The number of esters is 1. The van der Waals surface area contributed by atoms with E-state index in [9.17, 15) is 9.59 Å². The molecular formula is C12H20N2O3. The molecule has 17 heavy (non-hydrogen) atoms. The first kappa shape index (κ1) is 12.4. The molecule has 2 saturated heterocycles. The average molecular weight is 240 g/mol. The number of carbonyl (C=O) groups is 2. The van der Waals surface area contributed by atoms with Crippen LogP contribution in [0.2, 0.25) is 0 Å². The number of hydrogen-bond acceptors (Lipinski definition) is 4. The highest BCUT2D eigenvalue weighted by Crippen LogP contribution is 2.35. The van der Waals surface area contributed by atoms with E-state index >= 15 is 0 Å². The third-order valence-electron chi connectivity index (χ3n) is 3.61. The normalized spacial score (nSPS) is 31.7. The number of nitrogens with zero attached hydrogens (tertiary/aromatic N) is 2. The van der Waals surface area contributed by atoms with Crippen LogP contribution >= 0.6 is 0 Å². The highest BCUT2D eigenvalue weighted by atomic mass is 16.5. The van der Waals surface area contributed by atoms with E-state index in [1.807, 2.05) is 19.0 Å². The van der Waals surface area contributed by atoms with Crippen molar-refractivity contribution in [2.75, 3.05) is 20.6 Å². The summed E-state index contributed by atoms with van der Waals surface area (Å²) in [6, 6.07) is 0.562. The minimum Gasteiger partial charge on any atom is -0.461 e. The number of ether oxygens (including phenoxy) is 1. The molecule has 0 aromatic heterocycles. The minimum absolute atomic E-state index is 0.00356. The molecule has 0 aromatic carbocycles. The first-order valence-corrected chi connectivity index (χ1v) is 6.17. The first-order chi connectivity index (χ1) is 8.10. The van der Waals surface area contributed by atoms with E-state index in [-0.39, 0.29) is 24.2 Å². The van der Waals surface area contributed by atoms with Crippen LogP contribution < -0.4 is 0 Å². The molecule has 5 nitrogen and oxygen atoms in total. The maximum Gasteiger partial charge on any atom is 0.320 e. The Labute approximate surface area is 102 Å². The van der Waals surface area contributed by atoms with Gasteiger partial charge in [0, 0.05) is 24.9 Å². The zero-order valence-electron chi connectivity index (χ0n) is 10.5. The molecule has 2 unspecified atom stereocenters. The van der Waals surface area contributed by atoms with Gasteiger partial charge in [-0.1, -0.05) is 0 Å². The molecule has 0 N–H and O–H groups in total. The molecule has 0 spiro atoms. The standard InChI is InChI=1S/C12H20N2O3/c1-13(2)7-12(16)17-11-5-9-3-4-10(6-11)14(9)8-15/h8-11H,3-7H2,1-2H3. The van der Waals surface area contributed by atoms with Gasteiger partial charge in [0.05, 0.1) is 6.54 Å². The van der Waals surface area contributed by atoms with Crippen molar-refractivity contribution in [1.82, 2.24) is 9.80 Å². The van der Waals surface area contributed by atoms with Crippen LogP contribution in [0.25, 0.3) is 0 Å². The van der Waals surface area contributed by atoms with Crippen molar-refractivity contribution in [3.8, 4) is 0 Å². The summed E-state index contributed by atoms with van der Waals surface area (Å²) in [6.45, 7) is 0.323. The third kappa shape index (κ3) is 2.77. The summed E-state index contributed by atoms with van der Waals surface area (Å²) in [4.78, 5) is 26.2. The maximum absolute atomic E-state index is 11.6. The van der Waals surface area contributed by atoms with Crippen LogP contribution in [0.1, 0.15) is 25.7 Å². The Hall–Kier alpha value is -1.10. The molecule has 2 aliphatic heterocycles. The minimum atomic E-state index is -0.168. The quantitative estimate of drug-likeness (QED) is 0.522. The Morgan fingerprint density at radius 3 is 2.41 bits per heavy atom. The maximum atomic E-state index is 11.6. The predicted octanol–water partition coefficient (Wildman–Crippen LogP) is 0.243. The Kier molecular flexibility index (Phi) is 3.66. The molecule has 96 valence electrons. The first-order valence-electron chi connectivity index (χ1n) is 6.17.